The number of benzene rings is 1. The Labute approximate surface area is 186 Å². The molecule has 2 heterocycles. The average Bonchev–Trinajstić information content (AvgIpc) is 3.18. The largest absolute Gasteiger partial charge is 0.442 e. The highest BCUT2D eigenvalue weighted by atomic mass is 35.5. The van der Waals surface area contributed by atoms with E-state index in [1.54, 1.807) is 0 Å². The lowest BCUT2D eigenvalue weighted by Crippen LogP contribution is -2.21. The number of hydrogen-bond acceptors (Lipinski definition) is 5. The fourth-order valence-corrected chi connectivity index (χ4v) is 3.24. The third kappa shape index (κ3) is 4.83. The molecular formula is C17H12Cl2F4N6O3. The second-order valence-electron chi connectivity index (χ2n) is 6.47. The first kappa shape index (κ1) is 23.5. The first-order valence-corrected chi connectivity index (χ1v) is 9.38. The quantitative estimate of drug-likeness (QED) is 0.309. The van der Waals surface area contributed by atoms with Crippen molar-refractivity contribution < 1.29 is 27.3 Å². The van der Waals surface area contributed by atoms with Gasteiger partial charge in [-0.15, -0.1) is 0 Å². The molecule has 1 N–H and O–H groups in total. The fourth-order valence-electron chi connectivity index (χ4n) is 2.82. The van der Waals surface area contributed by atoms with Crippen LogP contribution in [0.5, 0.6) is 0 Å². The zero-order valence-electron chi connectivity index (χ0n) is 16.0. The van der Waals surface area contributed by atoms with Crippen molar-refractivity contribution in [3.05, 3.63) is 67.3 Å². The van der Waals surface area contributed by atoms with Crippen LogP contribution in [0.3, 0.4) is 0 Å². The first-order chi connectivity index (χ1) is 14.9. The fraction of sp³-hybridized carbons (Fsp3) is 0.235. The lowest BCUT2D eigenvalue weighted by molar-refractivity contribution is -0.388. The Hall–Kier alpha value is -3.19. The van der Waals surface area contributed by atoms with Crippen LogP contribution in [0.25, 0.3) is 0 Å². The van der Waals surface area contributed by atoms with Crippen molar-refractivity contribution in [3.8, 4) is 0 Å². The van der Waals surface area contributed by atoms with Crippen LogP contribution in [0.4, 0.5) is 29.1 Å². The first-order valence-electron chi connectivity index (χ1n) is 8.63. The number of carbonyl (C=O) groups excluding carboxylic acids is 1. The lowest BCUT2D eigenvalue weighted by atomic mass is 10.2. The van der Waals surface area contributed by atoms with E-state index in [-0.39, 0.29) is 28.0 Å². The predicted octanol–water partition coefficient (Wildman–Crippen LogP) is 4.45. The SMILES string of the molecule is Cc1c([N+](=O)[O-])c(C(F)(F)F)nn1CC(=O)Nc1nn(Cc2c(F)cccc2Cl)cc1Cl. The van der Waals surface area contributed by atoms with Crippen molar-refractivity contribution in [2.75, 3.05) is 5.32 Å². The van der Waals surface area contributed by atoms with Crippen molar-refractivity contribution in [1.29, 1.82) is 0 Å². The smallest absolute Gasteiger partial charge is 0.306 e. The highest BCUT2D eigenvalue weighted by Crippen LogP contribution is 2.37. The summed E-state index contributed by atoms with van der Waals surface area (Å²) in [6.07, 6.45) is -3.79. The molecule has 3 rings (SSSR count). The molecule has 0 atom stereocenters. The van der Waals surface area contributed by atoms with E-state index in [0.29, 0.717) is 4.68 Å². The van der Waals surface area contributed by atoms with Gasteiger partial charge in [-0.25, -0.2) is 4.39 Å². The van der Waals surface area contributed by atoms with E-state index in [9.17, 15) is 32.5 Å². The topological polar surface area (TPSA) is 108 Å². The van der Waals surface area contributed by atoms with E-state index in [1.807, 2.05) is 0 Å². The number of rotatable bonds is 6. The summed E-state index contributed by atoms with van der Waals surface area (Å²) in [7, 11) is 0. The number of anilines is 1. The van der Waals surface area contributed by atoms with Crippen LogP contribution in [0.2, 0.25) is 10.0 Å². The Kier molecular flexibility index (Phi) is 6.41. The Morgan fingerprint density at radius 1 is 1.25 bits per heavy atom. The summed E-state index contributed by atoms with van der Waals surface area (Å²) in [5, 5.41) is 20.6. The van der Waals surface area contributed by atoms with E-state index < -0.39 is 46.4 Å². The Morgan fingerprint density at radius 2 is 1.94 bits per heavy atom. The van der Waals surface area contributed by atoms with E-state index in [0.717, 1.165) is 6.92 Å². The molecule has 0 saturated carbocycles. The molecule has 32 heavy (non-hydrogen) atoms. The van der Waals surface area contributed by atoms with E-state index in [4.69, 9.17) is 23.2 Å². The van der Waals surface area contributed by atoms with E-state index in [1.165, 1.54) is 29.1 Å². The van der Waals surface area contributed by atoms with Gasteiger partial charge in [0, 0.05) is 16.8 Å². The summed E-state index contributed by atoms with van der Waals surface area (Å²) < 4.78 is 54.8. The zero-order valence-corrected chi connectivity index (χ0v) is 17.5. The minimum Gasteiger partial charge on any atom is -0.306 e. The van der Waals surface area contributed by atoms with E-state index in [2.05, 4.69) is 15.5 Å². The summed E-state index contributed by atoms with van der Waals surface area (Å²) in [6, 6.07) is 4.11. The summed E-state index contributed by atoms with van der Waals surface area (Å²) in [6.45, 7) is 0.152. The maximum atomic E-state index is 13.9. The molecule has 0 unspecified atom stereocenters. The van der Waals surface area contributed by atoms with Gasteiger partial charge in [-0.3, -0.25) is 24.3 Å². The van der Waals surface area contributed by atoms with Gasteiger partial charge in [-0.1, -0.05) is 29.3 Å². The Bertz CT molecular complexity index is 1190. The van der Waals surface area contributed by atoms with Gasteiger partial charge >= 0.3 is 11.9 Å². The molecule has 1 aromatic carbocycles. The second kappa shape index (κ2) is 8.74. The standard InChI is InChI=1S/C17H12Cl2F4N6O3/c1-8-14(29(31)32)15(17(21,22)23)25-28(8)7-13(30)24-16-11(19)6-27(26-16)5-9-10(18)3-2-4-12(9)20/h2-4,6H,5,7H2,1H3,(H,24,26,30). The van der Waals surface area contributed by atoms with Crippen molar-refractivity contribution in [3.63, 3.8) is 0 Å². The van der Waals surface area contributed by atoms with E-state index >= 15 is 0 Å². The average molecular weight is 495 g/mol. The normalized spacial score (nSPS) is 11.6. The van der Waals surface area contributed by atoms with Crippen LogP contribution in [-0.4, -0.2) is 30.4 Å². The zero-order chi connectivity index (χ0) is 23.8. The Morgan fingerprint density at radius 3 is 2.50 bits per heavy atom. The number of hydrogen-bond donors (Lipinski definition) is 1. The number of nitrogens with zero attached hydrogens (tertiary/aromatic N) is 5. The third-order valence-electron chi connectivity index (χ3n) is 4.28. The van der Waals surface area contributed by atoms with Crippen LogP contribution in [0.1, 0.15) is 17.0 Å². The second-order valence-corrected chi connectivity index (χ2v) is 7.28. The van der Waals surface area contributed by atoms with Crippen molar-refractivity contribution in [2.24, 2.45) is 0 Å². The molecule has 0 saturated heterocycles. The molecule has 0 bridgehead atoms. The number of alkyl halides is 3. The number of carbonyl (C=O) groups is 1. The number of halogens is 6. The van der Waals surface area contributed by atoms with Crippen LogP contribution < -0.4 is 5.32 Å². The highest BCUT2D eigenvalue weighted by molar-refractivity contribution is 6.33. The molecule has 2 aromatic heterocycles. The maximum absolute atomic E-state index is 13.9. The molecule has 170 valence electrons. The number of amides is 1. The summed E-state index contributed by atoms with van der Waals surface area (Å²) in [5.74, 6) is -1.62. The highest BCUT2D eigenvalue weighted by Gasteiger charge is 2.44. The van der Waals surface area contributed by atoms with Crippen molar-refractivity contribution in [1.82, 2.24) is 19.6 Å². The van der Waals surface area contributed by atoms with Crippen LogP contribution in [0.15, 0.2) is 24.4 Å². The van der Waals surface area contributed by atoms with Crippen molar-refractivity contribution >= 4 is 40.6 Å². The molecule has 0 fully saturated rings. The summed E-state index contributed by atoms with van der Waals surface area (Å²) in [5.41, 5.74) is -3.28. The molecule has 0 aliphatic heterocycles. The van der Waals surface area contributed by atoms with Gasteiger partial charge in [0.2, 0.25) is 11.6 Å². The van der Waals surface area contributed by atoms with Crippen LogP contribution in [-0.2, 0) is 24.1 Å². The lowest BCUT2D eigenvalue weighted by Gasteiger charge is -2.06. The van der Waals surface area contributed by atoms with Gasteiger partial charge in [-0.2, -0.15) is 23.4 Å². The molecule has 9 nitrogen and oxygen atoms in total. The van der Waals surface area contributed by atoms with Crippen LogP contribution in [0, 0.1) is 22.9 Å². The van der Waals surface area contributed by atoms with Gasteiger partial charge in [0.1, 0.15) is 23.1 Å². The number of nitrogens with one attached hydrogen (secondary N) is 1. The molecule has 0 radical (unpaired) electrons. The molecule has 0 spiro atoms. The monoisotopic (exact) mass is 494 g/mol. The van der Waals surface area contributed by atoms with Crippen molar-refractivity contribution in [2.45, 2.75) is 26.2 Å². The molecule has 0 aliphatic rings. The van der Waals surface area contributed by atoms with Gasteiger partial charge in [0.15, 0.2) is 5.82 Å². The minimum atomic E-state index is -5.08. The van der Waals surface area contributed by atoms with Gasteiger partial charge in [0.25, 0.3) is 0 Å². The Balaban J connectivity index is 1.78. The molecular weight excluding hydrogens is 483 g/mol. The number of nitro groups is 1. The molecule has 1 amide bonds. The molecule has 0 aliphatic carbocycles. The summed E-state index contributed by atoms with van der Waals surface area (Å²) in [4.78, 5) is 22.1. The predicted molar refractivity (Wildman–Crippen MR) is 105 cm³/mol. The maximum Gasteiger partial charge on any atom is 0.442 e. The molecule has 15 heteroatoms. The van der Waals surface area contributed by atoms with Crippen LogP contribution >= 0.6 is 23.2 Å². The van der Waals surface area contributed by atoms with Gasteiger partial charge in [-0.05, 0) is 19.1 Å². The van der Waals surface area contributed by atoms with Gasteiger partial charge in [0.05, 0.1) is 11.5 Å². The van der Waals surface area contributed by atoms with Gasteiger partial charge < -0.3 is 5.32 Å². The summed E-state index contributed by atoms with van der Waals surface area (Å²) >= 11 is 12.0. The third-order valence-corrected chi connectivity index (χ3v) is 4.91. The number of aromatic nitrogens is 4. The molecule has 3 aromatic rings. The minimum absolute atomic E-state index is 0.0371.